The molecular weight excluding hydrogens is 406 g/mol. The maximum absolute atomic E-state index is 12.4. The Bertz CT molecular complexity index is 806. The summed E-state index contributed by atoms with van der Waals surface area (Å²) in [6, 6.07) is 14.6. The second-order valence-corrected chi connectivity index (χ2v) is 8.11. The number of ether oxygens (including phenoxy) is 1. The maximum Gasteiger partial charge on any atom is 0.410 e. The van der Waals surface area contributed by atoms with E-state index in [1.807, 2.05) is 29.2 Å². The molecule has 0 aliphatic carbocycles. The Kier molecular flexibility index (Phi) is 5.45. The van der Waals surface area contributed by atoms with E-state index < -0.39 is 0 Å². The molecule has 1 unspecified atom stereocenters. The first-order chi connectivity index (χ1) is 13.1. The molecule has 0 bridgehead atoms. The van der Waals surface area contributed by atoms with Crippen molar-refractivity contribution in [3.05, 3.63) is 63.9 Å². The predicted octanol–water partition coefficient (Wildman–Crippen LogP) is 4.31. The number of halogens is 1. The van der Waals surface area contributed by atoms with Crippen molar-refractivity contribution in [2.75, 3.05) is 19.7 Å². The maximum atomic E-state index is 12.4. The molecular formula is C21H24BrN3O2. The quantitative estimate of drug-likeness (QED) is 0.679. The monoisotopic (exact) mass is 429 g/mol. The lowest BCUT2D eigenvalue weighted by Crippen LogP contribution is -2.46. The zero-order chi connectivity index (χ0) is 18.8. The van der Waals surface area contributed by atoms with Crippen LogP contribution in [0.25, 0.3) is 0 Å². The van der Waals surface area contributed by atoms with Crippen molar-refractivity contribution < 1.29 is 9.53 Å². The Morgan fingerprint density at radius 1 is 1.15 bits per heavy atom. The Morgan fingerprint density at radius 3 is 2.59 bits per heavy atom. The van der Waals surface area contributed by atoms with Gasteiger partial charge >= 0.3 is 6.09 Å². The third kappa shape index (κ3) is 4.01. The highest BCUT2D eigenvalue weighted by molar-refractivity contribution is 9.10. The van der Waals surface area contributed by atoms with Crippen molar-refractivity contribution in [2.24, 2.45) is 0 Å². The summed E-state index contributed by atoms with van der Waals surface area (Å²) < 4.78 is 6.27. The Labute approximate surface area is 168 Å². The number of hydrogen-bond donors (Lipinski definition) is 0. The molecule has 0 N–H and O–H groups in total. The van der Waals surface area contributed by atoms with Gasteiger partial charge in [-0.15, -0.1) is 0 Å². The van der Waals surface area contributed by atoms with Crippen molar-refractivity contribution in [1.29, 1.82) is 0 Å². The van der Waals surface area contributed by atoms with Gasteiger partial charge in [0.1, 0.15) is 11.2 Å². The standard InChI is InChI=1S/C21H24BrN3O2/c1-15-17(7-8-20(22)23-15)13-24-11-9-18(10-12-24)25-19(14-27-21(25)26)16-5-3-2-4-6-16/h2-8,18-19H,9-14H2,1H3. The molecule has 5 nitrogen and oxygen atoms in total. The molecule has 2 aromatic rings. The van der Waals surface area contributed by atoms with Crippen molar-refractivity contribution in [1.82, 2.24) is 14.8 Å². The van der Waals surface area contributed by atoms with Crippen molar-refractivity contribution in [2.45, 2.75) is 38.4 Å². The van der Waals surface area contributed by atoms with Crippen LogP contribution in [0.5, 0.6) is 0 Å². The number of aryl methyl sites for hydroxylation is 1. The van der Waals surface area contributed by atoms with Crippen LogP contribution in [0.1, 0.15) is 35.7 Å². The molecule has 0 saturated carbocycles. The van der Waals surface area contributed by atoms with E-state index in [0.29, 0.717) is 6.61 Å². The van der Waals surface area contributed by atoms with Crippen LogP contribution < -0.4 is 0 Å². The molecule has 27 heavy (non-hydrogen) atoms. The molecule has 0 radical (unpaired) electrons. The highest BCUT2D eigenvalue weighted by atomic mass is 79.9. The number of amides is 1. The van der Waals surface area contributed by atoms with Crippen LogP contribution >= 0.6 is 15.9 Å². The van der Waals surface area contributed by atoms with Gasteiger partial charge in [-0.05, 0) is 52.9 Å². The minimum Gasteiger partial charge on any atom is -0.447 e. The highest BCUT2D eigenvalue weighted by Crippen LogP contribution is 2.33. The van der Waals surface area contributed by atoms with Gasteiger partial charge in [0.15, 0.2) is 0 Å². The lowest BCUT2D eigenvalue weighted by Gasteiger charge is -2.38. The van der Waals surface area contributed by atoms with Gasteiger partial charge < -0.3 is 4.74 Å². The number of carbonyl (C=O) groups is 1. The molecule has 4 rings (SSSR count). The van der Waals surface area contributed by atoms with Gasteiger partial charge in [0.25, 0.3) is 0 Å². The molecule has 2 aliphatic heterocycles. The first-order valence-electron chi connectivity index (χ1n) is 9.46. The lowest BCUT2D eigenvalue weighted by molar-refractivity contribution is 0.104. The van der Waals surface area contributed by atoms with E-state index in [-0.39, 0.29) is 18.2 Å². The number of benzene rings is 1. The number of piperidine rings is 1. The van der Waals surface area contributed by atoms with E-state index in [4.69, 9.17) is 4.74 Å². The van der Waals surface area contributed by atoms with Crippen LogP contribution in [0.2, 0.25) is 0 Å². The summed E-state index contributed by atoms with van der Waals surface area (Å²) in [5.41, 5.74) is 3.49. The average Bonchev–Trinajstić information content (AvgIpc) is 3.07. The molecule has 0 spiro atoms. The molecule has 1 aromatic heterocycles. The molecule has 2 aliphatic rings. The summed E-state index contributed by atoms with van der Waals surface area (Å²) >= 11 is 3.42. The minimum atomic E-state index is -0.171. The Hall–Kier alpha value is -1.92. The van der Waals surface area contributed by atoms with Crippen LogP contribution in [-0.4, -0.2) is 46.6 Å². The lowest BCUT2D eigenvalue weighted by atomic mass is 9.99. The van der Waals surface area contributed by atoms with Gasteiger partial charge in [-0.2, -0.15) is 0 Å². The molecule has 2 saturated heterocycles. The van der Waals surface area contributed by atoms with E-state index in [1.54, 1.807) is 0 Å². The number of likely N-dealkylation sites (tertiary alicyclic amines) is 1. The molecule has 2 fully saturated rings. The van der Waals surface area contributed by atoms with Crippen LogP contribution in [0, 0.1) is 6.92 Å². The number of nitrogens with zero attached hydrogens (tertiary/aromatic N) is 3. The van der Waals surface area contributed by atoms with Gasteiger partial charge in [-0.3, -0.25) is 9.80 Å². The smallest absolute Gasteiger partial charge is 0.410 e. The number of carbonyl (C=O) groups excluding carboxylic acids is 1. The zero-order valence-corrected chi connectivity index (χ0v) is 17.1. The average molecular weight is 430 g/mol. The first kappa shape index (κ1) is 18.4. The van der Waals surface area contributed by atoms with E-state index in [2.05, 4.69) is 50.9 Å². The zero-order valence-electron chi connectivity index (χ0n) is 15.5. The van der Waals surface area contributed by atoms with Crippen molar-refractivity contribution >= 4 is 22.0 Å². The topological polar surface area (TPSA) is 45.7 Å². The molecule has 142 valence electrons. The summed E-state index contributed by atoms with van der Waals surface area (Å²) in [5.74, 6) is 0. The fraction of sp³-hybridized carbons (Fsp3) is 0.429. The van der Waals surface area contributed by atoms with Crippen LogP contribution in [-0.2, 0) is 11.3 Å². The van der Waals surface area contributed by atoms with E-state index >= 15 is 0 Å². The second-order valence-electron chi connectivity index (χ2n) is 7.30. The largest absolute Gasteiger partial charge is 0.447 e. The fourth-order valence-electron chi connectivity index (χ4n) is 4.09. The Balaban J connectivity index is 1.40. The third-order valence-corrected chi connectivity index (χ3v) is 6.04. The number of pyridine rings is 1. The summed E-state index contributed by atoms with van der Waals surface area (Å²) in [7, 11) is 0. The molecule has 6 heteroatoms. The molecule has 1 amide bonds. The number of cyclic esters (lactones) is 1. The summed E-state index contributed by atoms with van der Waals surface area (Å²) in [5, 5.41) is 0. The van der Waals surface area contributed by atoms with Crippen molar-refractivity contribution in [3.8, 4) is 0 Å². The summed E-state index contributed by atoms with van der Waals surface area (Å²) in [6.07, 6.45) is 1.78. The van der Waals surface area contributed by atoms with Gasteiger partial charge in [-0.1, -0.05) is 36.4 Å². The molecule has 1 atom stereocenters. The Morgan fingerprint density at radius 2 is 1.89 bits per heavy atom. The highest BCUT2D eigenvalue weighted by Gasteiger charge is 2.40. The van der Waals surface area contributed by atoms with E-state index in [0.717, 1.165) is 48.3 Å². The van der Waals surface area contributed by atoms with Crippen LogP contribution in [0.3, 0.4) is 0 Å². The van der Waals surface area contributed by atoms with E-state index in [1.165, 1.54) is 5.56 Å². The number of hydrogen-bond acceptors (Lipinski definition) is 4. The molecule has 3 heterocycles. The van der Waals surface area contributed by atoms with Crippen molar-refractivity contribution in [3.63, 3.8) is 0 Å². The van der Waals surface area contributed by atoms with Crippen LogP contribution in [0.4, 0.5) is 4.79 Å². The fourth-order valence-corrected chi connectivity index (χ4v) is 4.49. The van der Waals surface area contributed by atoms with Gasteiger partial charge in [0.2, 0.25) is 0 Å². The predicted molar refractivity (Wildman–Crippen MR) is 107 cm³/mol. The summed E-state index contributed by atoms with van der Waals surface area (Å²) in [4.78, 5) is 21.3. The second kappa shape index (κ2) is 7.98. The van der Waals surface area contributed by atoms with E-state index in [9.17, 15) is 4.79 Å². The normalized spacial score (nSPS) is 21.5. The SMILES string of the molecule is Cc1nc(Br)ccc1CN1CCC(N2C(=O)OCC2c2ccccc2)CC1. The minimum absolute atomic E-state index is 0.0353. The third-order valence-electron chi connectivity index (χ3n) is 5.60. The van der Waals surface area contributed by atoms with Gasteiger partial charge in [-0.25, -0.2) is 9.78 Å². The number of aromatic nitrogens is 1. The first-order valence-corrected chi connectivity index (χ1v) is 10.3. The van der Waals surface area contributed by atoms with Gasteiger partial charge in [0, 0.05) is 31.4 Å². The molecule has 1 aromatic carbocycles. The van der Waals surface area contributed by atoms with Gasteiger partial charge in [0.05, 0.1) is 6.04 Å². The van der Waals surface area contributed by atoms with Crippen LogP contribution in [0.15, 0.2) is 47.1 Å². The number of rotatable bonds is 4. The summed E-state index contributed by atoms with van der Waals surface area (Å²) in [6.45, 7) is 5.37.